The van der Waals surface area contributed by atoms with Crippen LogP contribution in [0, 0.1) is 12.7 Å². The fourth-order valence-corrected chi connectivity index (χ4v) is 5.32. The zero-order chi connectivity index (χ0) is 22.7. The molecule has 2 atom stereocenters. The number of azo groups is 1. The lowest BCUT2D eigenvalue weighted by atomic mass is 9.62. The molecule has 2 aromatic rings. The number of nitrogens with zero attached hydrogens (tertiary/aromatic N) is 3. The fourth-order valence-electron chi connectivity index (χ4n) is 5.32. The normalized spacial score (nSPS) is 25.6. The molecule has 1 unspecified atom stereocenters. The summed E-state index contributed by atoms with van der Waals surface area (Å²) in [7, 11) is 0. The van der Waals surface area contributed by atoms with E-state index in [9.17, 15) is 9.18 Å². The van der Waals surface area contributed by atoms with Crippen molar-refractivity contribution in [2.75, 3.05) is 0 Å². The van der Waals surface area contributed by atoms with Crippen molar-refractivity contribution in [3.63, 3.8) is 0 Å². The third-order valence-corrected chi connectivity index (χ3v) is 6.69. The highest BCUT2D eigenvalue weighted by Crippen LogP contribution is 2.51. The molecule has 0 saturated carbocycles. The molecule has 1 aromatic carbocycles. The summed E-state index contributed by atoms with van der Waals surface area (Å²) >= 11 is 0. The van der Waals surface area contributed by atoms with E-state index in [0.717, 1.165) is 28.1 Å². The SMILES string of the molecule is CC[C@@]1(c2cccc(-c3cc(C)ncc3F)c2)C2=CN=NC2NC2=C1C(=O)NC(C)(C)C2. The minimum atomic E-state index is -0.704. The highest BCUT2D eigenvalue weighted by molar-refractivity contribution is 6.00. The number of pyridine rings is 1. The first-order valence-electron chi connectivity index (χ1n) is 10.9. The molecule has 164 valence electrons. The maximum Gasteiger partial charge on any atom is 0.250 e. The summed E-state index contributed by atoms with van der Waals surface area (Å²) in [4.78, 5) is 17.5. The number of aromatic nitrogens is 1. The Labute approximate surface area is 186 Å². The van der Waals surface area contributed by atoms with Crippen LogP contribution in [0.4, 0.5) is 4.39 Å². The number of hydrogen-bond donors (Lipinski definition) is 2. The number of carbonyl (C=O) groups excluding carboxylic acids is 1. The molecule has 1 amide bonds. The van der Waals surface area contributed by atoms with Crippen molar-refractivity contribution in [2.45, 2.75) is 57.7 Å². The maximum atomic E-state index is 14.7. The monoisotopic (exact) mass is 431 g/mol. The van der Waals surface area contributed by atoms with Crippen molar-refractivity contribution in [1.29, 1.82) is 0 Å². The van der Waals surface area contributed by atoms with E-state index < -0.39 is 5.41 Å². The van der Waals surface area contributed by atoms with E-state index in [2.05, 4.69) is 32.8 Å². The molecule has 3 aliphatic rings. The largest absolute Gasteiger partial charge is 0.362 e. The Bertz CT molecular complexity index is 1230. The van der Waals surface area contributed by atoms with Gasteiger partial charge in [0.25, 0.3) is 5.91 Å². The number of carbonyl (C=O) groups is 1. The molecule has 0 fully saturated rings. The Hall–Kier alpha value is -3.35. The van der Waals surface area contributed by atoms with Gasteiger partial charge in [-0.15, -0.1) is 0 Å². The molecule has 0 aliphatic carbocycles. The van der Waals surface area contributed by atoms with Crippen LogP contribution in [-0.4, -0.2) is 22.6 Å². The van der Waals surface area contributed by atoms with Crippen LogP contribution in [-0.2, 0) is 10.2 Å². The van der Waals surface area contributed by atoms with Crippen LogP contribution in [0.5, 0.6) is 0 Å². The van der Waals surface area contributed by atoms with Gasteiger partial charge in [0.05, 0.1) is 23.4 Å². The van der Waals surface area contributed by atoms with Crippen LogP contribution in [0.2, 0.25) is 0 Å². The first-order valence-corrected chi connectivity index (χ1v) is 10.9. The first-order chi connectivity index (χ1) is 15.2. The second-order valence-electron chi connectivity index (χ2n) is 9.38. The van der Waals surface area contributed by atoms with Crippen molar-refractivity contribution in [2.24, 2.45) is 10.2 Å². The van der Waals surface area contributed by atoms with E-state index >= 15 is 0 Å². The predicted octanol–water partition coefficient (Wildman–Crippen LogP) is 4.68. The maximum absolute atomic E-state index is 14.7. The van der Waals surface area contributed by atoms with Crippen LogP contribution in [0.3, 0.4) is 0 Å². The van der Waals surface area contributed by atoms with Crippen LogP contribution in [0.25, 0.3) is 11.1 Å². The number of halogens is 1. The van der Waals surface area contributed by atoms with Gasteiger partial charge in [-0.3, -0.25) is 9.78 Å². The predicted molar refractivity (Wildman–Crippen MR) is 120 cm³/mol. The van der Waals surface area contributed by atoms with Crippen molar-refractivity contribution in [1.82, 2.24) is 15.6 Å². The summed E-state index contributed by atoms with van der Waals surface area (Å²) < 4.78 is 14.7. The number of hydrogen-bond acceptors (Lipinski definition) is 5. The van der Waals surface area contributed by atoms with Crippen molar-refractivity contribution in [3.8, 4) is 11.1 Å². The van der Waals surface area contributed by atoms with Crippen molar-refractivity contribution >= 4 is 5.91 Å². The molecular weight excluding hydrogens is 405 g/mol. The van der Waals surface area contributed by atoms with Gasteiger partial charge in [-0.25, -0.2) is 4.39 Å². The molecule has 7 heteroatoms. The van der Waals surface area contributed by atoms with E-state index in [0.29, 0.717) is 24.0 Å². The molecule has 0 spiro atoms. The van der Waals surface area contributed by atoms with Gasteiger partial charge < -0.3 is 10.6 Å². The number of benzene rings is 1. The second kappa shape index (κ2) is 7.08. The highest BCUT2D eigenvalue weighted by Gasteiger charge is 2.53. The minimum absolute atomic E-state index is 0.0896. The van der Waals surface area contributed by atoms with Gasteiger partial charge in [0, 0.05) is 34.5 Å². The quantitative estimate of drug-likeness (QED) is 0.741. The summed E-state index contributed by atoms with van der Waals surface area (Å²) in [6, 6.07) is 9.56. The minimum Gasteiger partial charge on any atom is -0.362 e. The van der Waals surface area contributed by atoms with Gasteiger partial charge in [0.15, 0.2) is 6.17 Å². The van der Waals surface area contributed by atoms with Crippen molar-refractivity contribution < 1.29 is 9.18 Å². The molecule has 0 bridgehead atoms. The zero-order valence-corrected chi connectivity index (χ0v) is 18.7. The standard InChI is InChI=1S/C25H26FN5O/c1-5-25(16-8-6-7-15(10-16)17-9-14(2)27-13-19(17)26)18-12-28-31-22(18)29-20-11-24(3,4)30-23(32)21(20)25/h6-10,12-13,22,29H,5,11H2,1-4H3,(H,30,32)/t22?,25-/m1/s1. The number of amides is 1. The van der Waals surface area contributed by atoms with E-state index in [4.69, 9.17) is 0 Å². The van der Waals surface area contributed by atoms with Gasteiger partial charge in [-0.2, -0.15) is 10.2 Å². The number of rotatable bonds is 3. The van der Waals surface area contributed by atoms with E-state index in [-0.39, 0.29) is 23.4 Å². The topological polar surface area (TPSA) is 78.7 Å². The van der Waals surface area contributed by atoms with Crippen LogP contribution in [0.1, 0.15) is 44.9 Å². The van der Waals surface area contributed by atoms with E-state index in [1.165, 1.54) is 6.20 Å². The smallest absolute Gasteiger partial charge is 0.250 e. The molecular formula is C25H26FN5O. The lowest BCUT2D eigenvalue weighted by Gasteiger charge is -2.48. The number of aryl methyl sites for hydroxylation is 1. The molecule has 4 heterocycles. The first kappa shape index (κ1) is 20.5. The Balaban J connectivity index is 1.74. The summed E-state index contributed by atoms with van der Waals surface area (Å²) in [5.74, 6) is -0.461. The van der Waals surface area contributed by atoms with Gasteiger partial charge in [0.1, 0.15) is 5.82 Å². The van der Waals surface area contributed by atoms with Gasteiger partial charge >= 0.3 is 0 Å². The van der Waals surface area contributed by atoms with E-state index in [1.54, 1.807) is 12.3 Å². The van der Waals surface area contributed by atoms with Gasteiger partial charge in [-0.05, 0) is 50.5 Å². The highest BCUT2D eigenvalue weighted by atomic mass is 19.1. The molecule has 6 nitrogen and oxygen atoms in total. The fraction of sp³-hybridized carbons (Fsp3) is 0.360. The average Bonchev–Trinajstić information content (AvgIpc) is 3.22. The molecule has 5 rings (SSSR count). The Morgan fingerprint density at radius 3 is 2.84 bits per heavy atom. The third kappa shape index (κ3) is 2.98. The van der Waals surface area contributed by atoms with Crippen molar-refractivity contribution in [3.05, 3.63) is 76.6 Å². The molecule has 3 aliphatic heterocycles. The van der Waals surface area contributed by atoms with E-state index in [1.807, 2.05) is 45.0 Å². The Kier molecular flexibility index (Phi) is 4.55. The second-order valence-corrected chi connectivity index (χ2v) is 9.38. The van der Waals surface area contributed by atoms with Gasteiger partial charge in [0.2, 0.25) is 0 Å². The Morgan fingerprint density at radius 1 is 1.25 bits per heavy atom. The van der Waals surface area contributed by atoms with Crippen LogP contribution >= 0.6 is 0 Å². The zero-order valence-electron chi connectivity index (χ0n) is 18.7. The summed E-state index contributed by atoms with van der Waals surface area (Å²) in [5, 5.41) is 15.2. The molecule has 1 aromatic heterocycles. The summed E-state index contributed by atoms with van der Waals surface area (Å²) in [6.45, 7) is 7.94. The average molecular weight is 432 g/mol. The molecule has 0 saturated heterocycles. The summed E-state index contributed by atoms with van der Waals surface area (Å²) in [6.07, 6.45) is 4.03. The lowest BCUT2D eigenvalue weighted by molar-refractivity contribution is -0.120. The summed E-state index contributed by atoms with van der Waals surface area (Å²) in [5.41, 5.74) is 4.40. The number of fused-ring (bicyclic) bond motifs is 1. The van der Waals surface area contributed by atoms with Crippen LogP contribution < -0.4 is 10.6 Å². The Morgan fingerprint density at radius 2 is 2.06 bits per heavy atom. The molecule has 2 N–H and O–H groups in total. The van der Waals surface area contributed by atoms with Gasteiger partial charge in [-0.1, -0.05) is 25.1 Å². The number of nitrogens with one attached hydrogen (secondary N) is 2. The molecule has 32 heavy (non-hydrogen) atoms. The third-order valence-electron chi connectivity index (χ3n) is 6.69. The molecule has 0 radical (unpaired) electrons. The van der Waals surface area contributed by atoms with Crippen LogP contribution in [0.15, 0.2) is 69.8 Å². The lowest BCUT2D eigenvalue weighted by Crippen LogP contribution is -2.58.